The van der Waals surface area contributed by atoms with Crippen LogP contribution in [0.15, 0.2) is 41.7 Å². The molecule has 7 heteroatoms. The van der Waals surface area contributed by atoms with Crippen LogP contribution in [-0.4, -0.2) is 42.5 Å². The molecule has 0 bridgehead atoms. The number of aryl methyl sites for hydroxylation is 3. The molecule has 0 unspecified atom stereocenters. The van der Waals surface area contributed by atoms with Crippen molar-refractivity contribution in [2.45, 2.75) is 26.8 Å². The lowest BCUT2D eigenvalue weighted by Gasteiger charge is -2.13. The molecule has 138 valence electrons. The molecule has 1 aromatic carbocycles. The summed E-state index contributed by atoms with van der Waals surface area (Å²) in [6.07, 6.45) is 4.75. The first-order valence-corrected chi connectivity index (χ1v) is 8.30. The van der Waals surface area contributed by atoms with Crippen LogP contribution < -0.4 is 15.4 Å². The fraction of sp³-hybridized carbons (Fsp3) is 0.444. The van der Waals surface area contributed by atoms with Gasteiger partial charge in [0.05, 0.1) is 6.54 Å². The number of nitrogens with one attached hydrogen (secondary N) is 2. The van der Waals surface area contributed by atoms with E-state index in [0.717, 1.165) is 31.2 Å². The van der Waals surface area contributed by atoms with Gasteiger partial charge < -0.3 is 15.4 Å². The number of hydrogen-bond acceptors (Lipinski definition) is 3. The van der Waals surface area contributed by atoms with Gasteiger partial charge in [-0.05, 0) is 49.6 Å². The first kappa shape index (κ1) is 21.3. The number of aromatic nitrogens is 2. The first-order valence-electron chi connectivity index (χ1n) is 8.30. The summed E-state index contributed by atoms with van der Waals surface area (Å²) < 4.78 is 7.71. The summed E-state index contributed by atoms with van der Waals surface area (Å²) in [5, 5.41) is 10.7. The van der Waals surface area contributed by atoms with Gasteiger partial charge in [0.2, 0.25) is 0 Å². The van der Waals surface area contributed by atoms with Crippen molar-refractivity contribution in [1.29, 1.82) is 0 Å². The maximum Gasteiger partial charge on any atom is 0.191 e. The van der Waals surface area contributed by atoms with Crippen molar-refractivity contribution < 1.29 is 4.74 Å². The van der Waals surface area contributed by atoms with Crippen LogP contribution in [0.1, 0.15) is 17.5 Å². The normalized spacial score (nSPS) is 10.9. The Balaban J connectivity index is 0.00000312. The zero-order valence-corrected chi connectivity index (χ0v) is 17.5. The molecule has 0 aliphatic carbocycles. The predicted octanol–water partition coefficient (Wildman–Crippen LogP) is 2.75. The van der Waals surface area contributed by atoms with Crippen LogP contribution in [0.4, 0.5) is 0 Å². The van der Waals surface area contributed by atoms with Crippen LogP contribution in [0.2, 0.25) is 0 Å². The minimum Gasteiger partial charge on any atom is -0.492 e. The molecule has 25 heavy (non-hydrogen) atoms. The zero-order chi connectivity index (χ0) is 17.2. The Hall–Kier alpha value is -1.77. The molecule has 0 spiro atoms. The molecule has 0 saturated heterocycles. The highest BCUT2D eigenvalue weighted by Gasteiger charge is 1.99. The van der Waals surface area contributed by atoms with Gasteiger partial charge in [-0.15, -0.1) is 24.0 Å². The van der Waals surface area contributed by atoms with Crippen molar-refractivity contribution in [1.82, 2.24) is 20.4 Å². The third-order valence-electron chi connectivity index (χ3n) is 3.50. The number of hydrogen-bond donors (Lipinski definition) is 2. The van der Waals surface area contributed by atoms with Crippen molar-refractivity contribution in [2.24, 2.45) is 4.99 Å². The molecule has 0 atom stereocenters. The predicted molar refractivity (Wildman–Crippen MR) is 113 cm³/mol. The Morgan fingerprint density at radius 1 is 1.16 bits per heavy atom. The minimum atomic E-state index is 0. The highest BCUT2D eigenvalue weighted by atomic mass is 127. The van der Waals surface area contributed by atoms with E-state index in [4.69, 9.17) is 4.74 Å². The maximum absolute atomic E-state index is 5.78. The summed E-state index contributed by atoms with van der Waals surface area (Å²) in [5.74, 6) is 1.70. The van der Waals surface area contributed by atoms with Crippen molar-refractivity contribution in [3.8, 4) is 5.75 Å². The summed E-state index contributed by atoms with van der Waals surface area (Å²) in [6, 6.07) is 8.18. The van der Waals surface area contributed by atoms with E-state index in [2.05, 4.69) is 52.8 Å². The largest absolute Gasteiger partial charge is 0.492 e. The van der Waals surface area contributed by atoms with Crippen LogP contribution in [0.25, 0.3) is 0 Å². The topological polar surface area (TPSA) is 63.5 Å². The van der Waals surface area contributed by atoms with Crippen molar-refractivity contribution in [2.75, 3.05) is 26.7 Å². The summed E-state index contributed by atoms with van der Waals surface area (Å²) in [5.41, 5.74) is 2.43. The molecular weight excluding hydrogens is 429 g/mol. The molecule has 0 aliphatic heterocycles. The summed E-state index contributed by atoms with van der Waals surface area (Å²) in [4.78, 5) is 4.21. The average molecular weight is 457 g/mol. The minimum absolute atomic E-state index is 0. The van der Waals surface area contributed by atoms with E-state index < -0.39 is 0 Å². The lowest BCUT2D eigenvalue weighted by molar-refractivity contribution is 0.321. The Bertz CT molecular complexity index is 623. The summed E-state index contributed by atoms with van der Waals surface area (Å²) in [7, 11) is 1.77. The van der Waals surface area contributed by atoms with Crippen molar-refractivity contribution in [3.05, 3.63) is 47.8 Å². The van der Waals surface area contributed by atoms with Crippen molar-refractivity contribution in [3.63, 3.8) is 0 Å². The number of guanidine groups is 1. The molecule has 0 amide bonds. The van der Waals surface area contributed by atoms with E-state index in [0.29, 0.717) is 13.2 Å². The number of benzene rings is 1. The van der Waals surface area contributed by atoms with Crippen molar-refractivity contribution >= 4 is 29.9 Å². The number of rotatable bonds is 8. The number of aliphatic imine (C=N–C) groups is 1. The molecule has 0 radical (unpaired) electrons. The average Bonchev–Trinajstić information content (AvgIpc) is 3.06. The number of nitrogens with zero attached hydrogens (tertiary/aromatic N) is 3. The van der Waals surface area contributed by atoms with Crippen LogP contribution in [0.3, 0.4) is 0 Å². The number of halogens is 1. The van der Waals surface area contributed by atoms with Crippen LogP contribution in [0.5, 0.6) is 5.75 Å². The van der Waals surface area contributed by atoms with Gasteiger partial charge in [-0.25, -0.2) is 0 Å². The summed E-state index contributed by atoms with van der Waals surface area (Å²) >= 11 is 0. The van der Waals surface area contributed by atoms with Gasteiger partial charge >= 0.3 is 0 Å². The van der Waals surface area contributed by atoms with E-state index in [1.165, 1.54) is 11.1 Å². The molecule has 1 heterocycles. The van der Waals surface area contributed by atoms with E-state index >= 15 is 0 Å². The van der Waals surface area contributed by atoms with Crippen LogP contribution >= 0.6 is 24.0 Å². The highest BCUT2D eigenvalue weighted by molar-refractivity contribution is 14.0. The SMILES string of the molecule is CN=C(NCCCn1cccn1)NCCOc1cc(C)cc(C)c1.I. The molecule has 6 nitrogen and oxygen atoms in total. The molecule has 2 aromatic rings. The monoisotopic (exact) mass is 457 g/mol. The molecule has 0 saturated carbocycles. The van der Waals surface area contributed by atoms with Gasteiger partial charge in [-0.2, -0.15) is 5.10 Å². The quantitative estimate of drug-likeness (QED) is 0.277. The highest BCUT2D eigenvalue weighted by Crippen LogP contribution is 2.15. The fourth-order valence-corrected chi connectivity index (χ4v) is 2.46. The molecule has 1 aromatic heterocycles. The first-order chi connectivity index (χ1) is 11.7. The Kier molecular flexibility index (Phi) is 9.98. The lowest BCUT2D eigenvalue weighted by Crippen LogP contribution is -2.39. The molecule has 2 N–H and O–H groups in total. The van der Waals surface area contributed by atoms with E-state index in [1.807, 2.05) is 16.9 Å². The van der Waals surface area contributed by atoms with Gasteiger partial charge in [-0.3, -0.25) is 9.67 Å². The van der Waals surface area contributed by atoms with Crippen LogP contribution in [0, 0.1) is 13.8 Å². The van der Waals surface area contributed by atoms with Gasteiger partial charge in [0, 0.05) is 32.5 Å². The molecular formula is C18H28IN5O. The lowest BCUT2D eigenvalue weighted by atomic mass is 10.1. The smallest absolute Gasteiger partial charge is 0.191 e. The third kappa shape index (κ3) is 8.24. The Morgan fingerprint density at radius 3 is 2.52 bits per heavy atom. The standard InChI is InChI=1S/C18H27N5O.HI/c1-15-12-16(2)14-17(13-15)24-11-8-21-18(19-3)20-6-4-9-23-10-5-7-22-23;/h5,7,10,12-14H,4,6,8-9,11H2,1-3H3,(H2,19,20,21);1H. The maximum atomic E-state index is 5.78. The second-order valence-electron chi connectivity index (χ2n) is 5.72. The molecule has 2 rings (SSSR count). The molecule has 0 fully saturated rings. The van der Waals surface area contributed by atoms with E-state index in [1.54, 1.807) is 13.2 Å². The Morgan fingerprint density at radius 2 is 1.88 bits per heavy atom. The second kappa shape index (κ2) is 11.7. The van der Waals surface area contributed by atoms with Gasteiger partial charge in [0.15, 0.2) is 5.96 Å². The van der Waals surface area contributed by atoms with Crippen LogP contribution in [-0.2, 0) is 6.54 Å². The fourth-order valence-electron chi connectivity index (χ4n) is 2.46. The second-order valence-corrected chi connectivity index (χ2v) is 5.72. The van der Waals surface area contributed by atoms with E-state index in [-0.39, 0.29) is 24.0 Å². The van der Waals surface area contributed by atoms with Gasteiger partial charge in [0.25, 0.3) is 0 Å². The Labute approximate surface area is 167 Å². The molecule has 0 aliphatic rings. The number of ether oxygens (including phenoxy) is 1. The van der Waals surface area contributed by atoms with Gasteiger partial charge in [0.1, 0.15) is 12.4 Å². The zero-order valence-electron chi connectivity index (χ0n) is 15.2. The third-order valence-corrected chi connectivity index (χ3v) is 3.50. The van der Waals surface area contributed by atoms with Gasteiger partial charge in [-0.1, -0.05) is 6.07 Å². The van der Waals surface area contributed by atoms with E-state index in [9.17, 15) is 0 Å². The summed E-state index contributed by atoms with van der Waals surface area (Å²) in [6.45, 7) is 7.19.